The van der Waals surface area contributed by atoms with Gasteiger partial charge in [0.05, 0.1) is 0 Å². The molecule has 136 valence electrons. The molecule has 6 nitrogen and oxygen atoms in total. The molecule has 2 atom stereocenters. The summed E-state index contributed by atoms with van der Waals surface area (Å²) in [6.45, 7) is 3.64. The Hall–Kier alpha value is -2.28. The molecule has 1 aromatic heterocycles. The van der Waals surface area contributed by atoms with Gasteiger partial charge < -0.3 is 9.88 Å². The number of hydrogen-bond acceptors (Lipinski definition) is 4. The Balaban J connectivity index is 1.27. The molecule has 1 saturated heterocycles. The maximum Gasteiger partial charge on any atom is 0.289 e. The minimum Gasteiger partial charge on any atom is -0.347 e. The maximum atomic E-state index is 13.1. The lowest BCUT2D eigenvalue weighted by Gasteiger charge is -2.25. The summed E-state index contributed by atoms with van der Waals surface area (Å²) in [4.78, 5) is 14.8. The summed E-state index contributed by atoms with van der Waals surface area (Å²) in [5.41, 5.74) is 1.13. The molecular weight excluding hydrogens is 333 g/mol. The number of aromatic nitrogens is 3. The molecule has 2 fully saturated rings. The zero-order valence-corrected chi connectivity index (χ0v) is 14.6. The first-order valence-electron chi connectivity index (χ1n) is 9.35. The Morgan fingerprint density at radius 3 is 2.65 bits per heavy atom. The zero-order chi connectivity index (χ0) is 17.7. The van der Waals surface area contributed by atoms with Gasteiger partial charge in [-0.15, -0.1) is 10.2 Å². The van der Waals surface area contributed by atoms with Gasteiger partial charge in [-0.2, -0.15) is 0 Å². The smallest absolute Gasteiger partial charge is 0.289 e. The van der Waals surface area contributed by atoms with Gasteiger partial charge in [0, 0.05) is 38.6 Å². The van der Waals surface area contributed by atoms with E-state index in [0.29, 0.717) is 23.7 Å². The zero-order valence-electron chi connectivity index (χ0n) is 14.6. The monoisotopic (exact) mass is 355 g/mol. The second-order valence-electron chi connectivity index (χ2n) is 7.84. The molecule has 26 heavy (non-hydrogen) atoms. The molecule has 0 radical (unpaired) electrons. The van der Waals surface area contributed by atoms with Gasteiger partial charge in [0.15, 0.2) is 0 Å². The van der Waals surface area contributed by atoms with E-state index >= 15 is 0 Å². The molecule has 3 heterocycles. The first-order chi connectivity index (χ1) is 12.7. The molecule has 2 aromatic rings. The summed E-state index contributed by atoms with van der Waals surface area (Å²) in [6.07, 6.45) is 3.00. The highest BCUT2D eigenvalue weighted by molar-refractivity contribution is 5.91. The Kier molecular flexibility index (Phi) is 3.77. The number of carbonyl (C=O) groups excluding carboxylic acids is 1. The van der Waals surface area contributed by atoms with Crippen molar-refractivity contribution >= 4 is 5.91 Å². The van der Waals surface area contributed by atoms with Crippen LogP contribution in [0.5, 0.6) is 0 Å². The van der Waals surface area contributed by atoms with Crippen molar-refractivity contribution in [1.82, 2.24) is 25.0 Å². The summed E-state index contributed by atoms with van der Waals surface area (Å²) in [7, 11) is 0. The van der Waals surface area contributed by atoms with Crippen molar-refractivity contribution in [3.63, 3.8) is 0 Å². The van der Waals surface area contributed by atoms with Gasteiger partial charge in [-0.3, -0.25) is 9.69 Å². The first kappa shape index (κ1) is 15.9. The van der Waals surface area contributed by atoms with Crippen molar-refractivity contribution in [3.05, 3.63) is 47.3 Å². The predicted molar refractivity (Wildman–Crippen MR) is 92.9 cm³/mol. The van der Waals surface area contributed by atoms with Crippen LogP contribution < -0.4 is 5.32 Å². The number of rotatable bonds is 4. The van der Waals surface area contributed by atoms with Crippen LogP contribution >= 0.6 is 0 Å². The van der Waals surface area contributed by atoms with Crippen LogP contribution in [0.1, 0.15) is 34.8 Å². The lowest BCUT2D eigenvalue weighted by Crippen LogP contribution is -2.33. The molecule has 1 aromatic carbocycles. The van der Waals surface area contributed by atoms with Gasteiger partial charge in [0.2, 0.25) is 5.82 Å². The van der Waals surface area contributed by atoms with Gasteiger partial charge in [-0.05, 0) is 42.4 Å². The minimum absolute atomic E-state index is 0.0918. The molecule has 0 spiro atoms. The number of fused-ring (bicyclic) bond motifs is 2. The summed E-state index contributed by atoms with van der Waals surface area (Å²) >= 11 is 0. The lowest BCUT2D eigenvalue weighted by molar-refractivity contribution is 0.0932. The van der Waals surface area contributed by atoms with Gasteiger partial charge >= 0.3 is 0 Å². The summed E-state index contributed by atoms with van der Waals surface area (Å²) in [5, 5.41) is 11.4. The molecule has 1 amide bonds. The largest absolute Gasteiger partial charge is 0.347 e. The van der Waals surface area contributed by atoms with Crippen LogP contribution in [0.3, 0.4) is 0 Å². The number of amides is 1. The number of hydrogen-bond donors (Lipinski definition) is 1. The maximum absolute atomic E-state index is 13.1. The molecule has 3 aliphatic rings. The van der Waals surface area contributed by atoms with Gasteiger partial charge in [0.25, 0.3) is 5.91 Å². The molecule has 5 rings (SSSR count). The van der Waals surface area contributed by atoms with E-state index in [4.69, 9.17) is 0 Å². The van der Waals surface area contributed by atoms with Gasteiger partial charge in [0.1, 0.15) is 11.6 Å². The fourth-order valence-corrected chi connectivity index (χ4v) is 4.24. The first-order valence-corrected chi connectivity index (χ1v) is 9.35. The minimum atomic E-state index is -0.196. The van der Waals surface area contributed by atoms with Crippen LogP contribution in [0.15, 0.2) is 24.3 Å². The van der Waals surface area contributed by atoms with E-state index in [-0.39, 0.29) is 11.7 Å². The number of halogens is 1. The third kappa shape index (κ3) is 3.00. The highest BCUT2D eigenvalue weighted by atomic mass is 19.1. The van der Waals surface area contributed by atoms with E-state index in [1.54, 1.807) is 0 Å². The lowest BCUT2D eigenvalue weighted by atomic mass is 9.89. The summed E-state index contributed by atoms with van der Waals surface area (Å²) in [6, 6.07) is 7.07. The standard InChI is InChI=1S/C19H22FN5O/c20-15-3-1-12(2-4-15)8-24-9-13-7-17-22-23-18(19(26)21-16-5-6-16)25(17)11-14(13)10-24/h1-4,13-14,16H,5-11H2,(H,21,26)/t13-,14-/m1/s1. The number of carbonyl (C=O) groups is 1. The predicted octanol–water partition coefficient (Wildman–Crippen LogP) is 1.61. The molecule has 1 saturated carbocycles. The highest BCUT2D eigenvalue weighted by Gasteiger charge is 2.39. The second-order valence-corrected chi connectivity index (χ2v) is 7.84. The van der Waals surface area contributed by atoms with Crippen LogP contribution in [-0.2, 0) is 19.5 Å². The van der Waals surface area contributed by atoms with Gasteiger partial charge in [-0.25, -0.2) is 4.39 Å². The third-order valence-electron chi connectivity index (χ3n) is 5.78. The molecule has 0 unspecified atom stereocenters. The van der Waals surface area contributed by atoms with Crippen molar-refractivity contribution in [2.45, 2.75) is 38.4 Å². The Morgan fingerprint density at radius 2 is 1.88 bits per heavy atom. The van der Waals surface area contributed by atoms with Gasteiger partial charge in [-0.1, -0.05) is 12.1 Å². The van der Waals surface area contributed by atoms with Crippen LogP contribution in [0.4, 0.5) is 4.39 Å². The van der Waals surface area contributed by atoms with E-state index in [0.717, 1.165) is 56.8 Å². The van der Waals surface area contributed by atoms with E-state index in [1.165, 1.54) is 12.1 Å². The summed E-state index contributed by atoms with van der Waals surface area (Å²) < 4.78 is 15.1. The molecule has 0 bridgehead atoms. The SMILES string of the molecule is O=C(NC1CC1)c1nnc2n1C[C@H]1CN(Cc3ccc(F)cc3)C[C@H]1C2. The fraction of sp³-hybridized carbons (Fsp3) is 0.526. The Labute approximate surface area is 151 Å². The van der Waals surface area contributed by atoms with Crippen LogP contribution in [0.2, 0.25) is 0 Å². The van der Waals surface area contributed by atoms with E-state index < -0.39 is 0 Å². The van der Waals surface area contributed by atoms with Crippen LogP contribution in [0.25, 0.3) is 0 Å². The molecule has 1 N–H and O–H groups in total. The van der Waals surface area contributed by atoms with Crippen molar-refractivity contribution in [2.75, 3.05) is 13.1 Å². The normalized spacial score (nSPS) is 25.0. The third-order valence-corrected chi connectivity index (χ3v) is 5.78. The molecular formula is C19H22FN5O. The Bertz CT molecular complexity index is 829. The van der Waals surface area contributed by atoms with Crippen LogP contribution in [0, 0.1) is 17.7 Å². The second kappa shape index (κ2) is 6.16. The Morgan fingerprint density at radius 1 is 1.12 bits per heavy atom. The summed E-state index contributed by atoms with van der Waals surface area (Å²) in [5.74, 6) is 2.15. The molecule has 1 aliphatic carbocycles. The number of benzene rings is 1. The van der Waals surface area contributed by atoms with E-state index in [1.807, 2.05) is 16.7 Å². The van der Waals surface area contributed by atoms with Crippen molar-refractivity contribution in [1.29, 1.82) is 0 Å². The number of likely N-dealkylation sites (tertiary alicyclic amines) is 1. The molecule has 7 heteroatoms. The van der Waals surface area contributed by atoms with Crippen molar-refractivity contribution in [3.8, 4) is 0 Å². The van der Waals surface area contributed by atoms with Crippen LogP contribution in [-0.4, -0.2) is 44.7 Å². The van der Waals surface area contributed by atoms with Crippen molar-refractivity contribution < 1.29 is 9.18 Å². The van der Waals surface area contributed by atoms with Crippen molar-refractivity contribution in [2.24, 2.45) is 11.8 Å². The number of nitrogens with zero attached hydrogens (tertiary/aromatic N) is 4. The quantitative estimate of drug-likeness (QED) is 0.905. The number of nitrogens with one attached hydrogen (secondary N) is 1. The topological polar surface area (TPSA) is 63.1 Å². The van der Waals surface area contributed by atoms with E-state index in [9.17, 15) is 9.18 Å². The average Bonchev–Trinajstić information content (AvgIpc) is 3.20. The fourth-order valence-electron chi connectivity index (χ4n) is 4.24. The average molecular weight is 355 g/mol. The highest BCUT2D eigenvalue weighted by Crippen LogP contribution is 2.33. The molecule has 2 aliphatic heterocycles. The van der Waals surface area contributed by atoms with E-state index in [2.05, 4.69) is 20.4 Å².